The molecule has 0 saturated heterocycles. The summed E-state index contributed by atoms with van der Waals surface area (Å²) in [7, 11) is 0. The van der Waals surface area contributed by atoms with Crippen molar-refractivity contribution in [2.45, 2.75) is 20.0 Å². The summed E-state index contributed by atoms with van der Waals surface area (Å²) in [5, 5.41) is 14.3. The fourth-order valence-electron chi connectivity index (χ4n) is 3.74. The maximum absolute atomic E-state index is 13.1. The molecule has 0 bridgehead atoms. The minimum absolute atomic E-state index is 0.170. The molecule has 3 aromatic heterocycles. The van der Waals surface area contributed by atoms with Crippen molar-refractivity contribution in [2.75, 3.05) is 6.54 Å². The van der Waals surface area contributed by atoms with Crippen LogP contribution < -0.4 is 10.9 Å². The second-order valence-corrected chi connectivity index (χ2v) is 8.20. The molecule has 0 unspecified atom stereocenters. The van der Waals surface area contributed by atoms with E-state index in [-0.39, 0.29) is 29.5 Å². The van der Waals surface area contributed by atoms with Gasteiger partial charge < -0.3 is 5.32 Å². The molecule has 176 valence electrons. The van der Waals surface area contributed by atoms with Gasteiger partial charge in [-0.25, -0.2) is 14.1 Å². The number of fused-ring (bicyclic) bond motifs is 1. The van der Waals surface area contributed by atoms with Crippen molar-refractivity contribution in [1.29, 1.82) is 0 Å². The van der Waals surface area contributed by atoms with Crippen LogP contribution >= 0.6 is 0 Å². The first kappa shape index (κ1) is 22.2. The van der Waals surface area contributed by atoms with E-state index >= 15 is 0 Å². The van der Waals surface area contributed by atoms with E-state index in [9.17, 15) is 14.0 Å². The molecule has 2 aromatic carbocycles. The Morgan fingerprint density at radius 3 is 2.66 bits per heavy atom. The van der Waals surface area contributed by atoms with E-state index in [1.165, 1.54) is 24.7 Å². The number of hydrogen-bond acceptors (Lipinski definition) is 5. The number of benzene rings is 2. The van der Waals surface area contributed by atoms with Crippen molar-refractivity contribution >= 4 is 16.9 Å². The van der Waals surface area contributed by atoms with Crippen molar-refractivity contribution in [3.05, 3.63) is 100 Å². The third-order valence-electron chi connectivity index (χ3n) is 5.67. The molecule has 2 N–H and O–H groups in total. The van der Waals surface area contributed by atoms with Crippen LogP contribution in [-0.4, -0.2) is 42.0 Å². The van der Waals surface area contributed by atoms with E-state index in [0.29, 0.717) is 35.4 Å². The van der Waals surface area contributed by atoms with Crippen LogP contribution in [0.3, 0.4) is 0 Å². The highest BCUT2D eigenvalue weighted by atomic mass is 19.1. The van der Waals surface area contributed by atoms with E-state index < -0.39 is 0 Å². The van der Waals surface area contributed by atoms with E-state index in [1.54, 1.807) is 27.4 Å². The van der Waals surface area contributed by atoms with Crippen molar-refractivity contribution in [3.63, 3.8) is 0 Å². The number of amides is 1. The number of H-pyrrole nitrogens is 1. The molecule has 1 amide bonds. The molecule has 35 heavy (non-hydrogen) atoms. The number of nitrogens with one attached hydrogen (secondary N) is 2. The zero-order valence-electron chi connectivity index (χ0n) is 18.9. The van der Waals surface area contributed by atoms with Crippen LogP contribution in [0.2, 0.25) is 0 Å². The highest BCUT2D eigenvalue weighted by Gasteiger charge is 2.13. The molecular weight excluding hydrogens is 449 g/mol. The first-order chi connectivity index (χ1) is 17.0. The standard InChI is InChI=1S/C25H22FN7O2/c1-16-2-4-17(5-3-16)14-32-15-28-23-20(25(32)35)13-29-33(23)11-10-27-24(34)22-12-21(30-31-22)18-6-8-19(26)9-7-18/h2-9,12-13,15H,10-11,14H2,1H3,(H,27,34)(H,30,31). The predicted octanol–water partition coefficient (Wildman–Crippen LogP) is 2.91. The van der Waals surface area contributed by atoms with Gasteiger partial charge in [0.1, 0.15) is 23.2 Å². The zero-order chi connectivity index (χ0) is 24.4. The lowest BCUT2D eigenvalue weighted by atomic mass is 10.1. The number of carbonyl (C=O) groups excluding carboxylic acids is 1. The lowest BCUT2D eigenvalue weighted by molar-refractivity contribution is 0.0947. The lowest BCUT2D eigenvalue weighted by Crippen LogP contribution is -2.28. The van der Waals surface area contributed by atoms with Gasteiger partial charge >= 0.3 is 0 Å². The summed E-state index contributed by atoms with van der Waals surface area (Å²) in [4.78, 5) is 29.8. The zero-order valence-corrected chi connectivity index (χ0v) is 18.9. The third kappa shape index (κ3) is 4.72. The van der Waals surface area contributed by atoms with Crippen molar-refractivity contribution in [2.24, 2.45) is 0 Å². The Labute approximate surface area is 199 Å². The quantitative estimate of drug-likeness (QED) is 0.379. The first-order valence-corrected chi connectivity index (χ1v) is 11.0. The maximum Gasteiger partial charge on any atom is 0.269 e. The first-order valence-electron chi connectivity index (χ1n) is 11.0. The number of hydrogen-bond donors (Lipinski definition) is 2. The average Bonchev–Trinajstić information content (AvgIpc) is 3.51. The number of carbonyl (C=O) groups is 1. The molecule has 0 atom stereocenters. The summed E-state index contributed by atoms with van der Waals surface area (Å²) >= 11 is 0. The molecule has 3 heterocycles. The van der Waals surface area contributed by atoms with Gasteiger partial charge in [-0.2, -0.15) is 10.2 Å². The van der Waals surface area contributed by atoms with Crippen LogP contribution in [-0.2, 0) is 13.1 Å². The largest absolute Gasteiger partial charge is 0.349 e. The van der Waals surface area contributed by atoms with Crippen molar-refractivity contribution in [3.8, 4) is 11.3 Å². The summed E-state index contributed by atoms with van der Waals surface area (Å²) < 4.78 is 16.3. The normalized spacial score (nSPS) is 11.1. The van der Waals surface area contributed by atoms with E-state index in [1.807, 2.05) is 31.2 Å². The number of rotatable bonds is 7. The highest BCUT2D eigenvalue weighted by molar-refractivity contribution is 5.93. The van der Waals surface area contributed by atoms with Crippen molar-refractivity contribution < 1.29 is 9.18 Å². The Balaban J connectivity index is 1.23. The average molecular weight is 471 g/mol. The van der Waals surface area contributed by atoms with Gasteiger partial charge in [0.2, 0.25) is 0 Å². The molecule has 0 saturated carbocycles. The molecular formula is C25H22FN7O2. The number of nitrogens with zero attached hydrogens (tertiary/aromatic N) is 5. The Morgan fingerprint density at radius 2 is 1.89 bits per heavy atom. The summed E-state index contributed by atoms with van der Waals surface area (Å²) in [6.45, 7) is 3.05. The second-order valence-electron chi connectivity index (χ2n) is 8.20. The topological polar surface area (TPSA) is 110 Å². The molecule has 10 heteroatoms. The highest BCUT2D eigenvalue weighted by Crippen LogP contribution is 2.18. The van der Waals surface area contributed by atoms with Crippen LogP contribution in [0.1, 0.15) is 21.6 Å². The summed E-state index contributed by atoms with van der Waals surface area (Å²) in [6, 6.07) is 15.4. The smallest absolute Gasteiger partial charge is 0.269 e. The molecule has 9 nitrogen and oxygen atoms in total. The Bertz CT molecular complexity index is 1550. The predicted molar refractivity (Wildman–Crippen MR) is 128 cm³/mol. The Hall–Kier alpha value is -4.60. The van der Waals surface area contributed by atoms with Crippen LogP contribution in [0, 0.1) is 12.7 Å². The fraction of sp³-hybridized carbons (Fsp3) is 0.160. The second kappa shape index (κ2) is 9.34. The molecule has 0 aliphatic carbocycles. The summed E-state index contributed by atoms with van der Waals surface area (Å²) in [6.07, 6.45) is 3.02. The van der Waals surface area contributed by atoms with Crippen LogP contribution in [0.15, 0.2) is 71.9 Å². The molecule has 0 fully saturated rings. The van der Waals surface area contributed by atoms with Gasteiger partial charge in [0.15, 0.2) is 5.65 Å². The van der Waals surface area contributed by atoms with Crippen LogP contribution in [0.5, 0.6) is 0 Å². The minimum Gasteiger partial charge on any atom is -0.349 e. The van der Waals surface area contributed by atoms with Gasteiger partial charge in [0.25, 0.3) is 11.5 Å². The minimum atomic E-state index is -0.340. The van der Waals surface area contributed by atoms with Crippen LogP contribution in [0.25, 0.3) is 22.3 Å². The third-order valence-corrected chi connectivity index (χ3v) is 5.67. The number of aromatic nitrogens is 6. The van der Waals surface area contributed by atoms with E-state index in [2.05, 4.69) is 25.6 Å². The summed E-state index contributed by atoms with van der Waals surface area (Å²) in [5.74, 6) is -0.677. The number of halogens is 1. The molecule has 5 aromatic rings. The maximum atomic E-state index is 13.1. The van der Waals surface area contributed by atoms with E-state index in [4.69, 9.17) is 0 Å². The molecule has 5 rings (SSSR count). The monoisotopic (exact) mass is 471 g/mol. The van der Waals surface area contributed by atoms with Gasteiger partial charge in [-0.15, -0.1) is 0 Å². The van der Waals surface area contributed by atoms with Gasteiger partial charge in [-0.1, -0.05) is 29.8 Å². The lowest BCUT2D eigenvalue weighted by Gasteiger charge is -2.07. The van der Waals surface area contributed by atoms with Gasteiger partial charge in [0, 0.05) is 12.1 Å². The Morgan fingerprint density at radius 1 is 1.11 bits per heavy atom. The van der Waals surface area contributed by atoms with Crippen LogP contribution in [0.4, 0.5) is 4.39 Å². The van der Waals surface area contributed by atoms with Gasteiger partial charge in [-0.05, 0) is 42.8 Å². The number of aryl methyl sites for hydroxylation is 1. The van der Waals surface area contributed by atoms with Gasteiger partial charge in [-0.3, -0.25) is 19.3 Å². The molecule has 0 spiro atoms. The van der Waals surface area contributed by atoms with E-state index in [0.717, 1.165) is 11.1 Å². The summed E-state index contributed by atoms with van der Waals surface area (Å²) in [5.41, 5.74) is 3.98. The van der Waals surface area contributed by atoms with Gasteiger partial charge in [0.05, 0.1) is 25.0 Å². The SMILES string of the molecule is Cc1ccc(Cn2cnc3c(cnn3CCNC(=O)c3cc(-c4ccc(F)cc4)n[nH]3)c2=O)cc1. The molecule has 0 radical (unpaired) electrons. The van der Waals surface area contributed by atoms with Crippen molar-refractivity contribution in [1.82, 2.24) is 34.8 Å². The fourth-order valence-corrected chi connectivity index (χ4v) is 3.74. The Kier molecular flexibility index (Phi) is 5.92. The molecule has 0 aliphatic rings. The number of aromatic amines is 1. The molecule has 0 aliphatic heterocycles.